The van der Waals surface area contributed by atoms with Gasteiger partial charge in [-0.15, -0.1) is 0 Å². The van der Waals surface area contributed by atoms with E-state index in [1.165, 1.54) is 48.4 Å². The van der Waals surface area contributed by atoms with Gasteiger partial charge in [-0.2, -0.15) is 0 Å². The molecular weight excluding hydrogens is 581 g/mol. The SMILES string of the molecule is CCNC(=O)[C@H](Cc1ccccc1)N(Cc1ccc(F)cc1)C(=O)CN(c1ccccc1OC)S(=O)(=O)c1ccc(C)cc1. The van der Waals surface area contributed by atoms with E-state index >= 15 is 0 Å². The fourth-order valence-electron chi connectivity index (χ4n) is 4.82. The number of hydrogen-bond donors (Lipinski definition) is 1. The molecule has 0 aliphatic carbocycles. The van der Waals surface area contributed by atoms with Crippen LogP contribution in [0.15, 0.2) is 108 Å². The topological polar surface area (TPSA) is 96.0 Å². The molecule has 0 saturated carbocycles. The molecule has 1 atom stereocenters. The van der Waals surface area contributed by atoms with Crippen molar-refractivity contribution in [1.29, 1.82) is 0 Å². The van der Waals surface area contributed by atoms with Crippen molar-refractivity contribution in [3.05, 3.63) is 126 Å². The molecular formula is C34H36FN3O5S. The summed E-state index contributed by atoms with van der Waals surface area (Å²) < 4.78 is 48.6. The Bertz CT molecular complexity index is 1660. The van der Waals surface area contributed by atoms with E-state index in [9.17, 15) is 22.4 Å². The summed E-state index contributed by atoms with van der Waals surface area (Å²) in [6.07, 6.45) is 0.180. The summed E-state index contributed by atoms with van der Waals surface area (Å²) >= 11 is 0. The van der Waals surface area contributed by atoms with E-state index in [0.29, 0.717) is 12.1 Å². The van der Waals surface area contributed by atoms with Crippen molar-refractivity contribution in [2.24, 2.45) is 0 Å². The van der Waals surface area contributed by atoms with Crippen LogP contribution in [0.3, 0.4) is 0 Å². The smallest absolute Gasteiger partial charge is 0.264 e. The number of nitrogens with zero attached hydrogens (tertiary/aromatic N) is 2. The van der Waals surface area contributed by atoms with Crippen LogP contribution in [0.2, 0.25) is 0 Å². The summed E-state index contributed by atoms with van der Waals surface area (Å²) in [4.78, 5) is 29.3. The minimum atomic E-state index is -4.27. The van der Waals surface area contributed by atoms with Gasteiger partial charge in [0.2, 0.25) is 11.8 Å². The summed E-state index contributed by atoms with van der Waals surface area (Å²) in [7, 11) is -2.85. The zero-order valence-corrected chi connectivity index (χ0v) is 25.8. The molecule has 4 rings (SSSR count). The second-order valence-electron chi connectivity index (χ2n) is 10.2. The highest BCUT2D eigenvalue weighted by atomic mass is 32.2. The number of rotatable bonds is 13. The van der Waals surface area contributed by atoms with Gasteiger partial charge in [-0.05, 0) is 61.4 Å². The molecule has 8 nitrogen and oxygen atoms in total. The van der Waals surface area contributed by atoms with Gasteiger partial charge in [0, 0.05) is 19.5 Å². The first kappa shape index (κ1) is 32.2. The Morgan fingerprint density at radius 1 is 0.864 bits per heavy atom. The van der Waals surface area contributed by atoms with Crippen molar-refractivity contribution in [2.45, 2.75) is 37.8 Å². The quantitative estimate of drug-likeness (QED) is 0.225. The predicted octanol–water partition coefficient (Wildman–Crippen LogP) is 5.11. The van der Waals surface area contributed by atoms with Crippen LogP contribution in [-0.4, -0.2) is 51.4 Å². The molecule has 0 radical (unpaired) electrons. The number of ether oxygens (including phenoxy) is 1. The largest absolute Gasteiger partial charge is 0.495 e. The van der Waals surface area contributed by atoms with Gasteiger partial charge in [0.15, 0.2) is 0 Å². The number of halogens is 1. The first-order chi connectivity index (χ1) is 21.1. The molecule has 0 unspecified atom stereocenters. The van der Waals surface area contributed by atoms with E-state index in [1.807, 2.05) is 37.3 Å². The molecule has 4 aromatic rings. The molecule has 4 aromatic carbocycles. The van der Waals surface area contributed by atoms with Crippen molar-refractivity contribution >= 4 is 27.5 Å². The second kappa shape index (κ2) is 14.7. The number of carbonyl (C=O) groups is 2. The fourth-order valence-corrected chi connectivity index (χ4v) is 6.24. The van der Waals surface area contributed by atoms with Crippen LogP contribution in [0.1, 0.15) is 23.6 Å². The minimum Gasteiger partial charge on any atom is -0.495 e. The number of hydrogen-bond acceptors (Lipinski definition) is 5. The van der Waals surface area contributed by atoms with Crippen molar-refractivity contribution in [2.75, 3.05) is 24.5 Å². The van der Waals surface area contributed by atoms with Gasteiger partial charge < -0.3 is 15.0 Å². The number of amides is 2. The number of anilines is 1. The monoisotopic (exact) mass is 617 g/mol. The predicted molar refractivity (Wildman–Crippen MR) is 168 cm³/mol. The number of sulfonamides is 1. The Balaban J connectivity index is 1.82. The molecule has 0 heterocycles. The van der Waals surface area contributed by atoms with Crippen molar-refractivity contribution in [1.82, 2.24) is 10.2 Å². The minimum absolute atomic E-state index is 0.00328. The van der Waals surface area contributed by atoms with E-state index in [1.54, 1.807) is 43.3 Å². The molecule has 0 aliphatic heterocycles. The highest BCUT2D eigenvalue weighted by Gasteiger charge is 2.35. The van der Waals surface area contributed by atoms with Crippen LogP contribution in [-0.2, 0) is 32.6 Å². The number of para-hydroxylation sites is 2. The summed E-state index contributed by atoms with van der Waals surface area (Å²) in [6.45, 7) is 3.28. The zero-order chi connectivity index (χ0) is 31.7. The van der Waals surface area contributed by atoms with Crippen LogP contribution in [0.5, 0.6) is 5.75 Å². The van der Waals surface area contributed by atoms with Gasteiger partial charge in [0.25, 0.3) is 10.0 Å². The lowest BCUT2D eigenvalue weighted by Gasteiger charge is -2.34. The summed E-state index contributed by atoms with van der Waals surface area (Å²) in [5.74, 6) is -1.20. The van der Waals surface area contributed by atoms with Gasteiger partial charge in [-0.3, -0.25) is 13.9 Å². The van der Waals surface area contributed by atoms with Gasteiger partial charge in [-0.25, -0.2) is 12.8 Å². The first-order valence-corrected chi connectivity index (χ1v) is 15.7. The molecule has 2 amide bonds. The number of benzene rings is 4. The maximum Gasteiger partial charge on any atom is 0.264 e. The standard InChI is InChI=1S/C34H36FN3O5S/c1-4-36-34(40)31(22-26-10-6-5-7-11-26)37(23-27-16-18-28(35)19-17-27)33(39)24-38(30-12-8-9-13-32(30)43-3)44(41,42)29-20-14-25(2)15-21-29/h5-21,31H,4,22-24H2,1-3H3,(H,36,40)/t31-/m0/s1. The lowest BCUT2D eigenvalue weighted by Crippen LogP contribution is -2.53. The first-order valence-electron chi connectivity index (χ1n) is 14.2. The molecule has 0 fully saturated rings. The molecule has 0 aliphatic rings. The molecule has 44 heavy (non-hydrogen) atoms. The molecule has 1 N–H and O–H groups in total. The normalized spacial score (nSPS) is 11.8. The summed E-state index contributed by atoms with van der Waals surface area (Å²) in [6, 6.07) is 26.8. The number of aryl methyl sites for hydroxylation is 1. The van der Waals surface area contributed by atoms with Crippen LogP contribution in [0, 0.1) is 12.7 Å². The average molecular weight is 618 g/mol. The highest BCUT2D eigenvalue weighted by molar-refractivity contribution is 7.92. The summed E-state index contributed by atoms with van der Waals surface area (Å²) in [5.41, 5.74) is 2.44. The van der Waals surface area contributed by atoms with Gasteiger partial charge >= 0.3 is 0 Å². The highest BCUT2D eigenvalue weighted by Crippen LogP contribution is 2.32. The second-order valence-corrected chi connectivity index (χ2v) is 12.1. The number of nitrogens with one attached hydrogen (secondary N) is 1. The molecule has 10 heteroatoms. The van der Waals surface area contributed by atoms with Gasteiger partial charge in [0.1, 0.15) is 24.2 Å². The maximum atomic E-state index is 14.4. The van der Waals surface area contributed by atoms with Gasteiger partial charge in [0.05, 0.1) is 17.7 Å². The van der Waals surface area contributed by atoms with Crippen molar-refractivity contribution in [3.8, 4) is 5.75 Å². The van der Waals surface area contributed by atoms with Gasteiger partial charge in [-0.1, -0.05) is 72.3 Å². The Hall–Kier alpha value is -4.70. The van der Waals surface area contributed by atoms with Crippen LogP contribution in [0.4, 0.5) is 10.1 Å². The van der Waals surface area contributed by atoms with Crippen LogP contribution in [0.25, 0.3) is 0 Å². The average Bonchev–Trinajstić information content (AvgIpc) is 3.03. The Morgan fingerprint density at radius 3 is 2.14 bits per heavy atom. The Kier molecular flexibility index (Phi) is 10.7. The number of carbonyl (C=O) groups excluding carboxylic acids is 2. The third-order valence-corrected chi connectivity index (χ3v) is 8.90. The van der Waals surface area contributed by atoms with E-state index in [-0.39, 0.29) is 29.3 Å². The molecule has 0 bridgehead atoms. The fraction of sp³-hybridized carbons (Fsp3) is 0.235. The molecule has 0 saturated heterocycles. The molecule has 230 valence electrons. The maximum absolute atomic E-state index is 14.4. The summed E-state index contributed by atoms with van der Waals surface area (Å²) in [5, 5.41) is 2.82. The third kappa shape index (κ3) is 7.82. The number of methoxy groups -OCH3 is 1. The van der Waals surface area contributed by atoms with Crippen LogP contribution < -0.4 is 14.4 Å². The van der Waals surface area contributed by atoms with E-state index in [4.69, 9.17) is 4.74 Å². The van der Waals surface area contributed by atoms with E-state index in [0.717, 1.165) is 15.4 Å². The third-order valence-electron chi connectivity index (χ3n) is 7.13. The lowest BCUT2D eigenvalue weighted by atomic mass is 10.0. The zero-order valence-electron chi connectivity index (χ0n) is 24.9. The molecule has 0 aromatic heterocycles. The Labute approximate surface area is 258 Å². The van der Waals surface area contributed by atoms with E-state index < -0.39 is 40.2 Å². The Morgan fingerprint density at radius 2 is 1.50 bits per heavy atom. The lowest BCUT2D eigenvalue weighted by molar-refractivity contribution is -0.140. The van der Waals surface area contributed by atoms with Crippen molar-refractivity contribution in [3.63, 3.8) is 0 Å². The van der Waals surface area contributed by atoms with E-state index in [2.05, 4.69) is 5.32 Å². The van der Waals surface area contributed by atoms with Crippen LogP contribution >= 0.6 is 0 Å². The van der Waals surface area contributed by atoms with Crippen molar-refractivity contribution < 1.29 is 27.1 Å². The number of likely N-dealkylation sites (N-methyl/N-ethyl adjacent to an activating group) is 1. The molecule has 0 spiro atoms.